The van der Waals surface area contributed by atoms with Gasteiger partial charge < -0.3 is 76.7 Å². The van der Waals surface area contributed by atoms with Gasteiger partial charge in [0.15, 0.2) is 31.1 Å². The fraction of sp³-hybridized carbons (Fsp3) is 0.459. The number of ether oxygens (including phenoxy) is 14. The zero-order valence-corrected chi connectivity index (χ0v) is 54.6. The quantitative estimate of drug-likeness (QED) is 0.0329. The fourth-order valence-corrected chi connectivity index (χ4v) is 11.0. The maximum absolute atomic E-state index is 14.7. The first-order valence-electron chi connectivity index (χ1n) is 31.9. The first kappa shape index (κ1) is 71.0. The first-order valence-corrected chi connectivity index (χ1v) is 31.9. The van der Waals surface area contributed by atoms with Crippen molar-refractivity contribution in [3.8, 4) is 0 Å². The molecule has 0 bridgehead atoms. The largest absolute Gasteiger partial charge is 0.462 e. The highest BCUT2D eigenvalue weighted by atomic mass is 16.8. The highest BCUT2D eigenvalue weighted by Crippen LogP contribution is 2.39. The SMILES string of the molecule is CC(=O)N[C@@H]1[C@H](O[C@@H]2[C@@H](OCc3ccccc3)[C@@H](O)O[C@H](COCc3ccccc3)[C@@H]2OCc2ccccc2)O[C@H](COC(=O)C(C)(C)C)[C@H](OC(=O)C(C)(C)C)[C@@H]1O[C@@H]1O[C@H](COCc2ccccc2)[C@H](OCc2ccccc2)[C@H](OCc2ccccc2)[C@H]1OC(C)=O. The molecule has 3 aliphatic rings. The molecule has 0 saturated carbocycles. The fourth-order valence-electron chi connectivity index (χ4n) is 11.0. The van der Waals surface area contributed by atoms with E-state index < -0.39 is 133 Å². The second-order valence-corrected chi connectivity index (χ2v) is 25.7. The van der Waals surface area contributed by atoms with E-state index >= 15 is 0 Å². The second-order valence-electron chi connectivity index (χ2n) is 25.7. The van der Waals surface area contributed by atoms with Gasteiger partial charge in [-0.1, -0.05) is 182 Å². The maximum Gasteiger partial charge on any atom is 0.311 e. The van der Waals surface area contributed by atoms with E-state index in [9.17, 15) is 24.3 Å². The van der Waals surface area contributed by atoms with E-state index in [2.05, 4.69) is 5.32 Å². The van der Waals surface area contributed by atoms with Gasteiger partial charge >= 0.3 is 17.9 Å². The minimum absolute atomic E-state index is 0.00375. The van der Waals surface area contributed by atoms with Gasteiger partial charge in [-0.25, -0.2) is 0 Å². The number of hydrogen-bond donors (Lipinski definition) is 2. The smallest absolute Gasteiger partial charge is 0.311 e. The summed E-state index contributed by atoms with van der Waals surface area (Å²) in [5.74, 6) is -2.72. The molecule has 0 unspecified atom stereocenters. The minimum atomic E-state index is -1.70. The molecule has 20 nitrogen and oxygen atoms in total. The van der Waals surface area contributed by atoms with Gasteiger partial charge in [0, 0.05) is 13.8 Å². The number of rotatable bonds is 29. The minimum Gasteiger partial charge on any atom is -0.462 e. The van der Waals surface area contributed by atoms with E-state index in [1.807, 2.05) is 182 Å². The summed E-state index contributed by atoms with van der Waals surface area (Å²) in [5, 5.41) is 15.3. The van der Waals surface area contributed by atoms with Crippen molar-refractivity contribution in [3.63, 3.8) is 0 Å². The van der Waals surface area contributed by atoms with E-state index in [0.717, 1.165) is 33.4 Å². The van der Waals surface area contributed by atoms with E-state index in [0.29, 0.717) is 0 Å². The Morgan fingerprint density at radius 1 is 0.394 bits per heavy atom. The second kappa shape index (κ2) is 34.4. The van der Waals surface area contributed by atoms with E-state index in [1.165, 1.54) is 13.8 Å². The molecule has 1 amide bonds. The number of esters is 3. The van der Waals surface area contributed by atoms with Crippen molar-refractivity contribution in [2.24, 2.45) is 10.8 Å². The van der Waals surface area contributed by atoms with Crippen LogP contribution >= 0.6 is 0 Å². The van der Waals surface area contributed by atoms with Crippen LogP contribution in [0.15, 0.2) is 182 Å². The van der Waals surface area contributed by atoms with Crippen LogP contribution in [0.3, 0.4) is 0 Å². The highest BCUT2D eigenvalue weighted by molar-refractivity contribution is 5.76. The molecule has 3 fully saturated rings. The molecule has 15 atom stereocenters. The molecular weight excluding hydrogens is 1210 g/mol. The lowest BCUT2D eigenvalue weighted by atomic mass is 9.92. The molecule has 504 valence electrons. The predicted molar refractivity (Wildman–Crippen MR) is 343 cm³/mol. The third kappa shape index (κ3) is 20.6. The molecule has 6 aromatic carbocycles. The highest BCUT2D eigenvalue weighted by Gasteiger charge is 2.58. The zero-order valence-electron chi connectivity index (χ0n) is 54.6. The molecule has 0 spiro atoms. The number of aliphatic hydroxyl groups is 1. The molecule has 3 saturated heterocycles. The Bertz CT molecular complexity index is 3250. The van der Waals surface area contributed by atoms with Crippen molar-refractivity contribution in [2.75, 3.05) is 19.8 Å². The lowest BCUT2D eigenvalue weighted by Gasteiger charge is -2.51. The molecule has 3 heterocycles. The van der Waals surface area contributed by atoms with Crippen LogP contribution in [0.1, 0.15) is 88.8 Å². The van der Waals surface area contributed by atoms with Crippen LogP contribution in [-0.4, -0.2) is 141 Å². The molecule has 94 heavy (non-hydrogen) atoms. The number of benzene rings is 6. The number of nitrogens with one attached hydrogen (secondary N) is 1. The Hall–Kier alpha value is -7.28. The van der Waals surface area contributed by atoms with Gasteiger partial charge in [-0.3, -0.25) is 19.2 Å². The van der Waals surface area contributed by atoms with Crippen molar-refractivity contribution in [1.29, 1.82) is 0 Å². The Kier molecular flexibility index (Phi) is 26.0. The monoisotopic (exact) mass is 1300 g/mol. The summed E-state index contributed by atoms with van der Waals surface area (Å²) >= 11 is 0. The van der Waals surface area contributed by atoms with Gasteiger partial charge in [-0.15, -0.1) is 0 Å². The van der Waals surface area contributed by atoms with Gasteiger partial charge in [0.05, 0.1) is 63.7 Å². The standard InChI is InChI=1S/C74H89NO19/c1-48(76)75-59-63(92-70-67(88-49(2)77)64(85-43-54-35-23-13-24-36-54)60(83-41-52-31-19-11-20-32-52)57(91-70)46-82-40-51-29-17-10-18-30-51)62(94-72(80)74(6,7)8)58(47-87-71(79)73(3,4)5)90-69(59)93-65-61(84-42-53-33-21-12-22-34-53)56(45-81-39-50-27-15-9-16-28-50)89-68(78)66(65)86-44-55-37-25-14-26-38-55/h9-38,56-70,78H,39-47H2,1-8H3,(H,75,76)/t56-,57-,58-,59+,60+,61+,62+,63-,64+,65+,66-,67-,68+,69+,70+/m1/s1. The van der Waals surface area contributed by atoms with E-state index in [4.69, 9.17) is 66.3 Å². The van der Waals surface area contributed by atoms with Gasteiger partial charge in [-0.2, -0.15) is 0 Å². The Morgan fingerprint density at radius 2 is 0.755 bits per heavy atom. The summed E-state index contributed by atoms with van der Waals surface area (Å²) in [6.45, 7) is 12.1. The molecule has 3 aliphatic heterocycles. The molecule has 9 rings (SSSR count). The number of carbonyl (C=O) groups is 4. The maximum atomic E-state index is 14.7. The first-order chi connectivity index (χ1) is 45.3. The molecule has 0 aromatic heterocycles. The van der Waals surface area contributed by atoms with Crippen LogP contribution < -0.4 is 5.32 Å². The number of carbonyl (C=O) groups excluding carboxylic acids is 4. The average Bonchev–Trinajstić information content (AvgIpc) is 0.764. The van der Waals surface area contributed by atoms with Crippen molar-refractivity contribution in [1.82, 2.24) is 5.32 Å². The Morgan fingerprint density at radius 3 is 1.17 bits per heavy atom. The van der Waals surface area contributed by atoms with Crippen LogP contribution in [0.4, 0.5) is 0 Å². The van der Waals surface area contributed by atoms with Gasteiger partial charge in [0.2, 0.25) is 5.91 Å². The number of amides is 1. The zero-order chi connectivity index (χ0) is 66.6. The topological polar surface area (TPSA) is 230 Å². The summed E-state index contributed by atoms with van der Waals surface area (Å²) < 4.78 is 94.3. The van der Waals surface area contributed by atoms with Crippen molar-refractivity contribution >= 4 is 23.8 Å². The molecule has 20 heteroatoms. The average molecular weight is 1300 g/mol. The summed E-state index contributed by atoms with van der Waals surface area (Å²) in [4.78, 5) is 56.5. The van der Waals surface area contributed by atoms with Gasteiger partial charge in [0.25, 0.3) is 0 Å². The van der Waals surface area contributed by atoms with Crippen molar-refractivity contribution < 1.29 is 90.6 Å². The van der Waals surface area contributed by atoms with Crippen LogP contribution in [0.5, 0.6) is 0 Å². The number of hydrogen-bond acceptors (Lipinski definition) is 19. The van der Waals surface area contributed by atoms with E-state index in [-0.39, 0.29) is 52.9 Å². The Labute approximate surface area is 550 Å². The van der Waals surface area contributed by atoms with E-state index in [1.54, 1.807) is 41.5 Å². The van der Waals surface area contributed by atoms with Crippen molar-refractivity contribution in [2.45, 2.75) is 187 Å². The summed E-state index contributed by atoms with van der Waals surface area (Å²) in [7, 11) is 0. The Balaban J connectivity index is 1.18. The molecular formula is C74H89NO19. The normalized spacial score (nSPS) is 26.4. The van der Waals surface area contributed by atoms with Gasteiger partial charge in [0.1, 0.15) is 67.6 Å². The number of aliphatic hydroxyl groups excluding tert-OH is 1. The van der Waals surface area contributed by atoms with Crippen LogP contribution in [0.25, 0.3) is 0 Å². The van der Waals surface area contributed by atoms with Gasteiger partial charge in [-0.05, 0) is 74.9 Å². The van der Waals surface area contributed by atoms with Crippen LogP contribution in [-0.2, 0) is 125 Å². The van der Waals surface area contributed by atoms with Crippen LogP contribution in [0.2, 0.25) is 0 Å². The molecule has 6 aromatic rings. The summed E-state index contributed by atoms with van der Waals surface area (Å²) in [6, 6.07) is 55.2. The summed E-state index contributed by atoms with van der Waals surface area (Å²) in [6.07, 6.45) is -19.4. The van der Waals surface area contributed by atoms with Crippen molar-refractivity contribution in [3.05, 3.63) is 215 Å². The lowest BCUT2D eigenvalue weighted by Crippen LogP contribution is -2.71. The molecule has 0 radical (unpaired) electrons. The lowest BCUT2D eigenvalue weighted by molar-refractivity contribution is -0.373. The third-order valence-electron chi connectivity index (χ3n) is 15.9. The molecule has 2 N–H and O–H groups in total. The predicted octanol–water partition coefficient (Wildman–Crippen LogP) is 9.68. The summed E-state index contributed by atoms with van der Waals surface area (Å²) in [5.41, 5.74) is 2.71. The van der Waals surface area contributed by atoms with Crippen LogP contribution in [0, 0.1) is 10.8 Å². The molecule has 0 aliphatic carbocycles. The third-order valence-corrected chi connectivity index (χ3v) is 15.9.